The zero-order chi connectivity index (χ0) is 21.6. The Balaban J connectivity index is 1.31. The van der Waals surface area contributed by atoms with Crippen LogP contribution in [0.1, 0.15) is 15.9 Å². The Morgan fingerprint density at radius 2 is 1.68 bits per heavy atom. The summed E-state index contributed by atoms with van der Waals surface area (Å²) >= 11 is 0. The zero-order valence-electron chi connectivity index (χ0n) is 17.6. The minimum Gasteiger partial charge on any atom is -0.497 e. The smallest absolute Gasteiger partial charge is 0.253 e. The normalized spacial score (nSPS) is 10.8. The number of likely N-dealkylation sites (N-methyl/N-ethyl adjacent to an activating group) is 1. The first-order valence-electron chi connectivity index (χ1n) is 10.0. The molecule has 0 aliphatic carbocycles. The molecule has 1 heterocycles. The van der Waals surface area contributed by atoms with Crippen LogP contribution in [-0.2, 0) is 6.54 Å². The van der Waals surface area contributed by atoms with Crippen molar-refractivity contribution in [2.45, 2.75) is 6.54 Å². The van der Waals surface area contributed by atoms with Crippen LogP contribution in [0.3, 0.4) is 0 Å². The van der Waals surface area contributed by atoms with E-state index in [1.54, 1.807) is 19.1 Å². The van der Waals surface area contributed by atoms with Gasteiger partial charge < -0.3 is 14.4 Å². The van der Waals surface area contributed by atoms with E-state index >= 15 is 0 Å². The average Bonchev–Trinajstić information content (AvgIpc) is 3.22. The van der Waals surface area contributed by atoms with Crippen LogP contribution < -0.4 is 9.47 Å². The first-order valence-corrected chi connectivity index (χ1v) is 10.0. The van der Waals surface area contributed by atoms with E-state index in [9.17, 15) is 4.79 Å². The van der Waals surface area contributed by atoms with Gasteiger partial charge in [-0.15, -0.1) is 5.10 Å². The van der Waals surface area contributed by atoms with E-state index in [-0.39, 0.29) is 5.91 Å². The van der Waals surface area contributed by atoms with Gasteiger partial charge in [0.05, 0.1) is 25.7 Å². The molecule has 0 spiro atoms. The topological polar surface area (TPSA) is 69.5 Å². The van der Waals surface area contributed by atoms with Gasteiger partial charge in [0.1, 0.15) is 23.6 Å². The van der Waals surface area contributed by atoms with E-state index in [2.05, 4.69) is 10.3 Å². The van der Waals surface area contributed by atoms with Crippen LogP contribution in [-0.4, -0.2) is 53.1 Å². The molecule has 158 valence electrons. The van der Waals surface area contributed by atoms with Crippen molar-refractivity contribution in [2.75, 3.05) is 27.3 Å². The van der Waals surface area contributed by atoms with Crippen molar-refractivity contribution < 1.29 is 14.3 Å². The quantitative estimate of drug-likeness (QED) is 0.439. The predicted molar refractivity (Wildman–Crippen MR) is 119 cm³/mol. The van der Waals surface area contributed by atoms with Gasteiger partial charge in [0, 0.05) is 12.6 Å². The number of amides is 1. The summed E-state index contributed by atoms with van der Waals surface area (Å²) in [5.74, 6) is 1.47. The number of carbonyl (C=O) groups excluding carboxylic acids is 1. The summed E-state index contributed by atoms with van der Waals surface area (Å²) in [5, 5.41) is 8.39. The Hall–Kier alpha value is -3.87. The van der Waals surface area contributed by atoms with Gasteiger partial charge in [-0.2, -0.15) is 0 Å². The summed E-state index contributed by atoms with van der Waals surface area (Å²) in [6, 6.07) is 22.8. The molecule has 1 aromatic heterocycles. The lowest BCUT2D eigenvalue weighted by molar-refractivity contribution is 0.0774. The van der Waals surface area contributed by atoms with Crippen LogP contribution in [0.15, 0.2) is 72.8 Å². The lowest BCUT2D eigenvalue weighted by Crippen LogP contribution is -2.30. The summed E-state index contributed by atoms with van der Waals surface area (Å²) in [5.41, 5.74) is 3.55. The average molecular weight is 416 g/mol. The van der Waals surface area contributed by atoms with Crippen LogP contribution in [0.4, 0.5) is 0 Å². The number of hydrogen-bond donors (Lipinski definition) is 0. The van der Waals surface area contributed by atoms with Crippen molar-refractivity contribution in [3.8, 4) is 11.5 Å². The van der Waals surface area contributed by atoms with E-state index in [1.807, 2.05) is 77.5 Å². The van der Waals surface area contributed by atoms with Crippen molar-refractivity contribution >= 4 is 16.9 Å². The van der Waals surface area contributed by atoms with Crippen molar-refractivity contribution in [1.82, 2.24) is 19.9 Å². The Morgan fingerprint density at radius 1 is 0.968 bits per heavy atom. The molecule has 3 aromatic carbocycles. The molecule has 0 aliphatic rings. The highest BCUT2D eigenvalue weighted by Gasteiger charge is 2.12. The largest absolute Gasteiger partial charge is 0.497 e. The molecule has 0 bridgehead atoms. The molecule has 4 rings (SSSR count). The second-order valence-corrected chi connectivity index (χ2v) is 7.18. The molecule has 0 saturated carbocycles. The van der Waals surface area contributed by atoms with Gasteiger partial charge in [-0.05, 0) is 54.1 Å². The van der Waals surface area contributed by atoms with Gasteiger partial charge in [-0.3, -0.25) is 4.79 Å². The third kappa shape index (κ3) is 4.83. The summed E-state index contributed by atoms with van der Waals surface area (Å²) in [6.07, 6.45) is 0. The number of rotatable bonds is 8. The van der Waals surface area contributed by atoms with Gasteiger partial charge in [0.25, 0.3) is 5.91 Å². The summed E-state index contributed by atoms with van der Waals surface area (Å²) in [6.45, 7) is 1.49. The van der Waals surface area contributed by atoms with Crippen LogP contribution in [0.25, 0.3) is 11.0 Å². The minimum atomic E-state index is -0.0453. The highest BCUT2D eigenvalue weighted by atomic mass is 16.5. The number of para-hydroxylation sites is 1. The number of ether oxygens (including phenoxy) is 2. The zero-order valence-corrected chi connectivity index (χ0v) is 17.6. The molecular formula is C24H24N4O3. The summed E-state index contributed by atoms with van der Waals surface area (Å²) < 4.78 is 12.7. The van der Waals surface area contributed by atoms with Gasteiger partial charge in [0.15, 0.2) is 0 Å². The Labute approximate surface area is 180 Å². The fraction of sp³-hybridized carbons (Fsp3) is 0.208. The second-order valence-electron chi connectivity index (χ2n) is 7.18. The van der Waals surface area contributed by atoms with Gasteiger partial charge in [-0.25, -0.2) is 4.68 Å². The standard InChI is InChI=1S/C24H24N4O3/c1-27(15-16-31-21-13-11-20(30-2)12-14-21)24(29)19-9-7-18(8-10-19)17-28-23-6-4-3-5-22(23)25-26-28/h3-14H,15-17H2,1-2H3. The lowest BCUT2D eigenvalue weighted by Gasteiger charge is -2.18. The van der Waals surface area contributed by atoms with E-state index in [1.165, 1.54) is 0 Å². The second kappa shape index (κ2) is 9.30. The fourth-order valence-electron chi connectivity index (χ4n) is 3.25. The van der Waals surface area contributed by atoms with Crippen LogP contribution in [0.2, 0.25) is 0 Å². The van der Waals surface area contributed by atoms with E-state index in [4.69, 9.17) is 9.47 Å². The SMILES string of the molecule is COc1ccc(OCCN(C)C(=O)c2ccc(Cn3nnc4ccccc43)cc2)cc1. The molecule has 4 aromatic rings. The number of methoxy groups -OCH3 is 1. The van der Waals surface area contributed by atoms with E-state index < -0.39 is 0 Å². The van der Waals surface area contributed by atoms with Crippen molar-refractivity contribution in [1.29, 1.82) is 0 Å². The van der Waals surface area contributed by atoms with Crippen LogP contribution in [0, 0.1) is 0 Å². The third-order valence-electron chi connectivity index (χ3n) is 5.06. The van der Waals surface area contributed by atoms with Crippen LogP contribution >= 0.6 is 0 Å². The Bertz CT molecular complexity index is 1150. The van der Waals surface area contributed by atoms with Crippen LogP contribution in [0.5, 0.6) is 11.5 Å². The molecule has 1 amide bonds. The van der Waals surface area contributed by atoms with Gasteiger partial charge in [0.2, 0.25) is 0 Å². The maximum Gasteiger partial charge on any atom is 0.253 e. The number of aromatic nitrogens is 3. The molecular weight excluding hydrogens is 392 g/mol. The number of fused-ring (bicyclic) bond motifs is 1. The van der Waals surface area contributed by atoms with E-state index in [0.29, 0.717) is 25.3 Å². The van der Waals surface area contributed by atoms with Gasteiger partial charge in [-0.1, -0.05) is 29.5 Å². The first-order chi connectivity index (χ1) is 15.1. The third-order valence-corrected chi connectivity index (χ3v) is 5.06. The Kier molecular flexibility index (Phi) is 6.12. The minimum absolute atomic E-state index is 0.0453. The maximum absolute atomic E-state index is 12.7. The molecule has 0 fully saturated rings. The molecule has 0 unspecified atom stereocenters. The first kappa shape index (κ1) is 20.4. The Morgan fingerprint density at radius 3 is 2.42 bits per heavy atom. The van der Waals surface area contributed by atoms with Gasteiger partial charge >= 0.3 is 0 Å². The molecule has 7 nitrogen and oxygen atoms in total. The number of carbonyl (C=O) groups is 1. The molecule has 7 heteroatoms. The highest BCUT2D eigenvalue weighted by molar-refractivity contribution is 5.94. The molecule has 0 radical (unpaired) electrons. The van der Waals surface area contributed by atoms with Crippen molar-refractivity contribution in [3.63, 3.8) is 0 Å². The maximum atomic E-state index is 12.7. The van der Waals surface area contributed by atoms with Crippen molar-refractivity contribution in [2.24, 2.45) is 0 Å². The molecule has 0 saturated heterocycles. The van der Waals surface area contributed by atoms with E-state index in [0.717, 1.165) is 28.1 Å². The number of hydrogen-bond acceptors (Lipinski definition) is 5. The molecule has 0 aliphatic heterocycles. The number of benzene rings is 3. The van der Waals surface area contributed by atoms with Crippen molar-refractivity contribution in [3.05, 3.63) is 83.9 Å². The highest BCUT2D eigenvalue weighted by Crippen LogP contribution is 2.17. The summed E-state index contributed by atoms with van der Waals surface area (Å²) in [4.78, 5) is 14.4. The summed E-state index contributed by atoms with van der Waals surface area (Å²) in [7, 11) is 3.40. The lowest BCUT2D eigenvalue weighted by atomic mass is 10.1. The fourth-order valence-corrected chi connectivity index (χ4v) is 3.25. The number of nitrogens with zero attached hydrogens (tertiary/aromatic N) is 4. The molecule has 0 N–H and O–H groups in total. The molecule has 31 heavy (non-hydrogen) atoms. The predicted octanol–water partition coefficient (Wildman–Crippen LogP) is 3.64. The monoisotopic (exact) mass is 416 g/mol. The molecule has 0 atom stereocenters.